The van der Waals surface area contributed by atoms with Crippen molar-refractivity contribution in [2.75, 3.05) is 31.6 Å². The maximum absolute atomic E-state index is 12.8. The zero-order chi connectivity index (χ0) is 20.9. The van der Waals surface area contributed by atoms with E-state index in [-0.39, 0.29) is 17.3 Å². The number of benzene rings is 2. The van der Waals surface area contributed by atoms with Crippen LogP contribution in [0.4, 0.5) is 5.69 Å². The Kier molecular flexibility index (Phi) is 6.57. The summed E-state index contributed by atoms with van der Waals surface area (Å²) in [5, 5.41) is 0. The zero-order valence-electron chi connectivity index (χ0n) is 16.5. The van der Waals surface area contributed by atoms with Crippen molar-refractivity contribution < 1.29 is 13.2 Å². The fraction of sp³-hybridized carbons (Fsp3) is 0.318. The quantitative estimate of drug-likeness (QED) is 0.711. The lowest BCUT2D eigenvalue weighted by Gasteiger charge is -2.24. The minimum atomic E-state index is -3.67. The number of terminal acetylenes is 1. The number of nitrogens with one attached hydrogen (secondary N) is 1. The van der Waals surface area contributed by atoms with E-state index in [9.17, 15) is 13.2 Å². The van der Waals surface area contributed by atoms with Gasteiger partial charge in [0, 0.05) is 37.9 Å². The third kappa shape index (κ3) is 4.97. The van der Waals surface area contributed by atoms with Crippen molar-refractivity contribution in [3.8, 4) is 12.3 Å². The van der Waals surface area contributed by atoms with Gasteiger partial charge in [0.1, 0.15) is 0 Å². The van der Waals surface area contributed by atoms with Gasteiger partial charge >= 0.3 is 0 Å². The molecule has 7 heteroatoms. The highest BCUT2D eigenvalue weighted by atomic mass is 32.2. The van der Waals surface area contributed by atoms with Crippen LogP contribution in [-0.4, -0.2) is 45.9 Å². The van der Waals surface area contributed by atoms with Gasteiger partial charge in [-0.15, -0.1) is 6.42 Å². The number of anilines is 1. The summed E-state index contributed by atoms with van der Waals surface area (Å²) < 4.78 is 26.5. The average molecular weight is 412 g/mol. The molecular formula is C22H25N3O3S. The molecule has 0 spiro atoms. The van der Waals surface area contributed by atoms with Gasteiger partial charge in [0.15, 0.2) is 0 Å². The molecular weight excluding hydrogens is 386 g/mol. The first-order valence-electron chi connectivity index (χ1n) is 9.54. The lowest BCUT2D eigenvalue weighted by Crippen LogP contribution is -2.28. The second kappa shape index (κ2) is 9.12. The third-order valence-corrected chi connectivity index (χ3v) is 6.39. The Hall–Kier alpha value is -2.82. The van der Waals surface area contributed by atoms with Gasteiger partial charge in [-0.3, -0.25) is 4.79 Å². The number of hydrogen-bond acceptors (Lipinski definition) is 4. The fourth-order valence-corrected chi connectivity index (χ4v) is 4.39. The molecule has 1 heterocycles. The van der Waals surface area contributed by atoms with Gasteiger partial charge in [-0.25, -0.2) is 8.42 Å². The number of para-hydroxylation sites is 1. The molecule has 29 heavy (non-hydrogen) atoms. The fourth-order valence-electron chi connectivity index (χ4n) is 3.46. The Balaban J connectivity index is 1.72. The Bertz CT molecular complexity index is 1000. The molecule has 2 aromatic carbocycles. The van der Waals surface area contributed by atoms with E-state index in [1.165, 1.54) is 42.8 Å². The summed E-state index contributed by atoms with van der Waals surface area (Å²) in [6, 6.07) is 14.0. The third-order valence-electron chi connectivity index (χ3n) is 4.97. The van der Waals surface area contributed by atoms with Crippen LogP contribution < -0.4 is 9.62 Å². The van der Waals surface area contributed by atoms with Crippen molar-refractivity contribution in [1.29, 1.82) is 0 Å². The van der Waals surface area contributed by atoms with Crippen LogP contribution >= 0.6 is 0 Å². The Morgan fingerprint density at radius 1 is 1.14 bits per heavy atom. The van der Waals surface area contributed by atoms with Crippen molar-refractivity contribution in [2.45, 2.75) is 24.3 Å². The molecule has 1 amide bonds. The molecule has 0 bridgehead atoms. The molecule has 3 rings (SSSR count). The van der Waals surface area contributed by atoms with Crippen LogP contribution in [0.15, 0.2) is 53.4 Å². The lowest BCUT2D eigenvalue weighted by atomic mass is 10.1. The smallest absolute Gasteiger partial charge is 0.253 e. The van der Waals surface area contributed by atoms with Gasteiger partial charge in [0.05, 0.1) is 11.4 Å². The molecule has 0 atom stereocenters. The monoisotopic (exact) mass is 411 g/mol. The van der Waals surface area contributed by atoms with E-state index in [0.29, 0.717) is 12.1 Å². The van der Waals surface area contributed by atoms with Crippen LogP contribution in [-0.2, 0) is 16.6 Å². The normalized spacial score (nSPS) is 13.9. The second-order valence-corrected chi connectivity index (χ2v) is 8.80. The molecule has 1 N–H and O–H groups in total. The number of amides is 1. The van der Waals surface area contributed by atoms with Gasteiger partial charge in [-0.05, 0) is 48.7 Å². The van der Waals surface area contributed by atoms with Crippen LogP contribution in [0.1, 0.15) is 28.8 Å². The summed E-state index contributed by atoms with van der Waals surface area (Å²) in [4.78, 5) is 16.9. The lowest BCUT2D eigenvalue weighted by molar-refractivity contribution is 0.0785. The molecule has 1 saturated heterocycles. The van der Waals surface area contributed by atoms with Crippen molar-refractivity contribution in [3.63, 3.8) is 0 Å². The molecule has 1 aliphatic rings. The van der Waals surface area contributed by atoms with E-state index in [1.54, 1.807) is 11.9 Å². The van der Waals surface area contributed by atoms with Gasteiger partial charge < -0.3 is 9.80 Å². The van der Waals surface area contributed by atoms with Gasteiger partial charge in [-0.1, -0.05) is 24.1 Å². The van der Waals surface area contributed by atoms with E-state index in [1.807, 2.05) is 18.2 Å². The summed E-state index contributed by atoms with van der Waals surface area (Å²) in [7, 11) is -1.92. The van der Waals surface area contributed by atoms with E-state index in [4.69, 9.17) is 6.42 Å². The summed E-state index contributed by atoms with van der Waals surface area (Å²) in [6.07, 6.45) is 7.47. The first kappa shape index (κ1) is 20.9. The largest absolute Gasteiger partial charge is 0.371 e. The van der Waals surface area contributed by atoms with Crippen molar-refractivity contribution in [2.24, 2.45) is 0 Å². The number of nitrogens with zero attached hydrogens (tertiary/aromatic N) is 2. The summed E-state index contributed by atoms with van der Waals surface area (Å²) in [5.41, 5.74) is 2.70. The molecule has 2 aromatic rings. The Morgan fingerprint density at radius 3 is 2.45 bits per heavy atom. The Labute approximate surface area is 172 Å². The average Bonchev–Trinajstić information content (AvgIpc) is 3.27. The minimum Gasteiger partial charge on any atom is -0.371 e. The van der Waals surface area contributed by atoms with E-state index in [0.717, 1.165) is 18.7 Å². The first-order chi connectivity index (χ1) is 13.9. The molecule has 0 saturated carbocycles. The van der Waals surface area contributed by atoms with Crippen LogP contribution in [0.2, 0.25) is 0 Å². The maximum atomic E-state index is 12.8. The minimum absolute atomic E-state index is 0.0753. The number of rotatable bonds is 7. The van der Waals surface area contributed by atoms with Crippen LogP contribution in [0.5, 0.6) is 0 Å². The highest BCUT2D eigenvalue weighted by molar-refractivity contribution is 7.89. The molecule has 152 valence electrons. The molecule has 0 unspecified atom stereocenters. The number of sulfonamides is 1. The predicted octanol–water partition coefficient (Wildman–Crippen LogP) is 2.47. The number of hydrogen-bond donors (Lipinski definition) is 1. The summed E-state index contributed by atoms with van der Waals surface area (Å²) in [5.74, 6) is 2.07. The van der Waals surface area contributed by atoms with Crippen LogP contribution in [0.25, 0.3) is 0 Å². The first-order valence-corrected chi connectivity index (χ1v) is 11.0. The molecule has 6 nitrogen and oxygen atoms in total. The standard InChI is InChI=1S/C22H25N3O3S/c1-3-14-23-29(27,28)20-12-10-18(11-13-20)22(26)24(2)17-19-8-4-5-9-21(19)25-15-6-7-16-25/h1,4-5,8-13,23H,6-7,14-17H2,2H3. The van der Waals surface area contributed by atoms with E-state index < -0.39 is 10.0 Å². The van der Waals surface area contributed by atoms with Gasteiger partial charge in [0.25, 0.3) is 5.91 Å². The highest BCUT2D eigenvalue weighted by Gasteiger charge is 2.19. The Morgan fingerprint density at radius 2 is 1.79 bits per heavy atom. The van der Waals surface area contributed by atoms with E-state index >= 15 is 0 Å². The van der Waals surface area contributed by atoms with Gasteiger partial charge in [0.2, 0.25) is 10.0 Å². The highest BCUT2D eigenvalue weighted by Crippen LogP contribution is 2.25. The molecule has 0 aromatic heterocycles. The van der Waals surface area contributed by atoms with E-state index in [2.05, 4.69) is 21.6 Å². The molecule has 0 radical (unpaired) electrons. The molecule has 1 aliphatic heterocycles. The summed E-state index contributed by atoms with van der Waals surface area (Å²) in [6.45, 7) is 2.48. The topological polar surface area (TPSA) is 69.7 Å². The number of carbonyl (C=O) groups is 1. The van der Waals surface area contributed by atoms with Crippen molar-refractivity contribution in [1.82, 2.24) is 9.62 Å². The maximum Gasteiger partial charge on any atom is 0.253 e. The number of carbonyl (C=O) groups excluding carboxylic acids is 1. The van der Waals surface area contributed by atoms with Crippen LogP contribution in [0.3, 0.4) is 0 Å². The van der Waals surface area contributed by atoms with Gasteiger partial charge in [-0.2, -0.15) is 4.72 Å². The van der Waals surface area contributed by atoms with Crippen LogP contribution in [0, 0.1) is 12.3 Å². The molecule has 0 aliphatic carbocycles. The molecule has 1 fully saturated rings. The zero-order valence-corrected chi connectivity index (χ0v) is 17.3. The SMILES string of the molecule is C#CCNS(=O)(=O)c1ccc(C(=O)N(C)Cc2ccccc2N2CCCC2)cc1. The van der Waals surface area contributed by atoms with Crippen molar-refractivity contribution in [3.05, 3.63) is 59.7 Å². The second-order valence-electron chi connectivity index (χ2n) is 7.04. The summed E-state index contributed by atoms with van der Waals surface area (Å²) >= 11 is 0. The van der Waals surface area contributed by atoms with Crippen molar-refractivity contribution >= 4 is 21.6 Å². The predicted molar refractivity (Wildman–Crippen MR) is 114 cm³/mol.